The van der Waals surface area contributed by atoms with Gasteiger partial charge in [-0.3, -0.25) is 0 Å². The Balaban J connectivity index is 1.09. The maximum atomic E-state index is 6.87. The van der Waals surface area contributed by atoms with Gasteiger partial charge in [0.25, 0.3) is 0 Å². The van der Waals surface area contributed by atoms with E-state index >= 15 is 0 Å². The molecule has 11 aromatic rings. The first kappa shape index (κ1) is 31.4. The molecule has 0 radical (unpaired) electrons. The van der Waals surface area contributed by atoms with Gasteiger partial charge in [-0.05, 0) is 117 Å². The zero-order chi connectivity index (χ0) is 37.1. The second-order valence-corrected chi connectivity index (χ2v) is 16.0. The van der Waals surface area contributed by atoms with Gasteiger partial charge in [0.05, 0.1) is 0 Å². The summed E-state index contributed by atoms with van der Waals surface area (Å²) in [5, 5.41) is 12.4. The van der Waals surface area contributed by atoms with E-state index in [0.717, 1.165) is 11.2 Å². The summed E-state index contributed by atoms with van der Waals surface area (Å²) in [5.74, 6) is 0. The molecule has 0 bridgehead atoms. The Morgan fingerprint density at radius 3 is 1.64 bits per heavy atom. The predicted molar refractivity (Wildman–Crippen MR) is 238 cm³/mol. The molecule has 0 N–H and O–H groups in total. The van der Waals surface area contributed by atoms with E-state index in [9.17, 15) is 0 Å². The van der Waals surface area contributed by atoms with Gasteiger partial charge in [-0.15, -0.1) is 0 Å². The van der Waals surface area contributed by atoms with Gasteiger partial charge in [0.1, 0.15) is 11.2 Å². The Hall–Kier alpha value is -6.96. The second kappa shape index (κ2) is 11.5. The van der Waals surface area contributed by atoms with Crippen LogP contribution in [0.25, 0.3) is 110 Å². The third-order valence-electron chi connectivity index (χ3n) is 12.6. The summed E-state index contributed by atoms with van der Waals surface area (Å²) in [6.07, 6.45) is 0. The maximum Gasteiger partial charge on any atom is 0.143 e. The standard InChI is InChI=1S/C55H36O/c1-55(2)47-27-24-39(32-46(47)53-48(55)28-26-45-52-40-17-6-5-13-34(40)25-29-49(52)56-54(45)53)51-43-20-9-7-18-41(43)50(42-19-8-10-21-44(42)51)38-16-11-15-36(31-38)37-23-22-33-12-3-4-14-35(33)30-37/h3-32H,1-2H3. The van der Waals surface area contributed by atoms with Crippen LogP contribution in [0.1, 0.15) is 25.0 Å². The lowest BCUT2D eigenvalue weighted by Gasteiger charge is -2.22. The van der Waals surface area contributed by atoms with Gasteiger partial charge >= 0.3 is 0 Å². The molecular formula is C55H36O. The van der Waals surface area contributed by atoms with Crippen LogP contribution in [-0.4, -0.2) is 0 Å². The number of fused-ring (bicyclic) bond motifs is 12. The van der Waals surface area contributed by atoms with Crippen LogP contribution in [0, 0.1) is 0 Å². The minimum Gasteiger partial charge on any atom is -0.455 e. The fourth-order valence-electron chi connectivity index (χ4n) is 9.97. The molecule has 1 aromatic heterocycles. The van der Waals surface area contributed by atoms with E-state index in [4.69, 9.17) is 4.42 Å². The summed E-state index contributed by atoms with van der Waals surface area (Å²) in [6, 6.07) is 67.2. The van der Waals surface area contributed by atoms with E-state index in [1.165, 1.54) is 109 Å². The number of furan rings is 1. The van der Waals surface area contributed by atoms with E-state index in [1.807, 2.05) is 0 Å². The van der Waals surface area contributed by atoms with Crippen molar-refractivity contribution in [2.45, 2.75) is 19.3 Å². The van der Waals surface area contributed by atoms with E-state index in [2.05, 4.69) is 196 Å². The molecule has 0 unspecified atom stereocenters. The average Bonchev–Trinajstić information content (AvgIpc) is 3.74. The quantitative estimate of drug-likeness (QED) is 0.166. The number of benzene rings is 10. The smallest absolute Gasteiger partial charge is 0.143 e. The maximum absolute atomic E-state index is 6.87. The van der Waals surface area contributed by atoms with Crippen LogP contribution in [0.2, 0.25) is 0 Å². The van der Waals surface area contributed by atoms with Crippen molar-refractivity contribution in [3.05, 3.63) is 193 Å². The van der Waals surface area contributed by atoms with Gasteiger partial charge in [-0.2, -0.15) is 0 Å². The molecular weight excluding hydrogens is 677 g/mol. The molecule has 0 atom stereocenters. The zero-order valence-corrected chi connectivity index (χ0v) is 31.2. The van der Waals surface area contributed by atoms with Crippen molar-refractivity contribution in [1.82, 2.24) is 0 Å². The van der Waals surface area contributed by atoms with Crippen LogP contribution in [0.3, 0.4) is 0 Å². The van der Waals surface area contributed by atoms with Crippen LogP contribution >= 0.6 is 0 Å². The molecule has 1 aliphatic rings. The molecule has 1 aliphatic carbocycles. The highest BCUT2D eigenvalue weighted by Crippen LogP contribution is 2.54. The Bertz CT molecular complexity index is 3390. The van der Waals surface area contributed by atoms with Gasteiger partial charge in [-0.1, -0.05) is 172 Å². The fourth-order valence-corrected chi connectivity index (χ4v) is 9.97. The number of hydrogen-bond acceptors (Lipinski definition) is 1. The highest BCUT2D eigenvalue weighted by Gasteiger charge is 2.38. The molecule has 262 valence electrons. The first-order valence-corrected chi connectivity index (χ1v) is 19.6. The number of rotatable bonds is 3. The lowest BCUT2D eigenvalue weighted by Crippen LogP contribution is -2.14. The Labute approximate surface area is 325 Å². The van der Waals surface area contributed by atoms with Gasteiger partial charge < -0.3 is 4.42 Å². The van der Waals surface area contributed by atoms with Gasteiger partial charge in [0.15, 0.2) is 0 Å². The molecule has 1 heteroatoms. The van der Waals surface area contributed by atoms with Gasteiger partial charge in [0, 0.05) is 21.8 Å². The molecule has 56 heavy (non-hydrogen) atoms. The van der Waals surface area contributed by atoms with Crippen LogP contribution in [-0.2, 0) is 5.41 Å². The third kappa shape index (κ3) is 4.37. The van der Waals surface area contributed by atoms with Gasteiger partial charge in [-0.25, -0.2) is 0 Å². The Morgan fingerprint density at radius 1 is 0.357 bits per heavy atom. The first-order valence-electron chi connectivity index (χ1n) is 19.6. The van der Waals surface area contributed by atoms with Crippen LogP contribution in [0.4, 0.5) is 0 Å². The Kier molecular flexibility index (Phi) is 6.46. The summed E-state index contributed by atoms with van der Waals surface area (Å²) in [6.45, 7) is 4.71. The summed E-state index contributed by atoms with van der Waals surface area (Å²) < 4.78 is 6.87. The summed E-state index contributed by atoms with van der Waals surface area (Å²) in [7, 11) is 0. The summed E-state index contributed by atoms with van der Waals surface area (Å²) >= 11 is 0. The molecule has 1 heterocycles. The van der Waals surface area contributed by atoms with Crippen molar-refractivity contribution >= 4 is 65.0 Å². The molecule has 0 saturated heterocycles. The van der Waals surface area contributed by atoms with Crippen molar-refractivity contribution in [2.75, 3.05) is 0 Å². The van der Waals surface area contributed by atoms with Crippen molar-refractivity contribution in [1.29, 1.82) is 0 Å². The summed E-state index contributed by atoms with van der Waals surface area (Å²) in [4.78, 5) is 0. The Morgan fingerprint density at radius 2 is 0.911 bits per heavy atom. The highest BCUT2D eigenvalue weighted by atomic mass is 16.3. The van der Waals surface area contributed by atoms with Crippen molar-refractivity contribution < 1.29 is 4.42 Å². The lowest BCUT2D eigenvalue weighted by molar-refractivity contribution is 0.653. The molecule has 0 saturated carbocycles. The average molecular weight is 713 g/mol. The lowest BCUT2D eigenvalue weighted by atomic mass is 9.81. The highest BCUT2D eigenvalue weighted by molar-refractivity contribution is 6.23. The second-order valence-electron chi connectivity index (χ2n) is 16.0. The molecule has 0 aliphatic heterocycles. The minimum absolute atomic E-state index is 0.164. The largest absolute Gasteiger partial charge is 0.455 e. The van der Waals surface area contributed by atoms with Crippen molar-refractivity contribution in [2.24, 2.45) is 0 Å². The van der Waals surface area contributed by atoms with E-state index in [-0.39, 0.29) is 5.41 Å². The zero-order valence-electron chi connectivity index (χ0n) is 31.2. The van der Waals surface area contributed by atoms with Crippen LogP contribution < -0.4 is 0 Å². The van der Waals surface area contributed by atoms with E-state index in [0.29, 0.717) is 0 Å². The van der Waals surface area contributed by atoms with E-state index in [1.54, 1.807) is 0 Å². The van der Waals surface area contributed by atoms with Crippen molar-refractivity contribution in [3.8, 4) is 44.5 Å². The predicted octanol–water partition coefficient (Wildman–Crippen LogP) is 15.5. The molecule has 0 spiro atoms. The van der Waals surface area contributed by atoms with Crippen LogP contribution in [0.5, 0.6) is 0 Å². The SMILES string of the molecule is CC1(C)c2ccc(-c3c4ccccc4c(-c4cccc(-c5ccc6ccccc6c5)c4)c4ccccc34)cc2-c2c1ccc1c2oc2ccc3ccccc3c21. The molecule has 0 amide bonds. The molecule has 0 fully saturated rings. The topological polar surface area (TPSA) is 13.1 Å². The van der Waals surface area contributed by atoms with E-state index < -0.39 is 0 Å². The molecule has 10 aromatic carbocycles. The molecule has 12 rings (SSSR count). The first-order chi connectivity index (χ1) is 27.5. The van der Waals surface area contributed by atoms with Crippen molar-refractivity contribution in [3.63, 3.8) is 0 Å². The minimum atomic E-state index is -0.164. The normalized spacial score (nSPS) is 13.3. The molecule has 1 nitrogen and oxygen atoms in total. The van der Waals surface area contributed by atoms with Crippen LogP contribution in [0.15, 0.2) is 186 Å². The fraction of sp³-hybridized carbons (Fsp3) is 0.0545. The third-order valence-corrected chi connectivity index (χ3v) is 12.6. The number of hydrogen-bond donors (Lipinski definition) is 0. The summed E-state index contributed by atoms with van der Waals surface area (Å²) in [5.41, 5.74) is 14.3. The van der Waals surface area contributed by atoms with Gasteiger partial charge in [0.2, 0.25) is 0 Å². The monoisotopic (exact) mass is 712 g/mol.